The topological polar surface area (TPSA) is 88.0 Å². The van der Waals surface area contributed by atoms with E-state index in [4.69, 9.17) is 4.84 Å². The second-order valence-electron chi connectivity index (χ2n) is 10.5. The summed E-state index contributed by atoms with van der Waals surface area (Å²) in [5.74, 6) is 1.45. The first-order valence-electron chi connectivity index (χ1n) is 11.6. The number of fused-ring (bicyclic) bond motifs is 5. The van der Waals surface area contributed by atoms with Crippen LogP contribution >= 0.6 is 0 Å². The number of hydrogen-bond donors (Lipinski definition) is 2. The van der Waals surface area contributed by atoms with E-state index < -0.39 is 0 Å². The van der Waals surface area contributed by atoms with Crippen molar-refractivity contribution >= 4 is 17.3 Å². The minimum Gasteiger partial charge on any atom is -0.396 e. The molecule has 0 spiro atoms. The molecule has 6 nitrogen and oxygen atoms in total. The van der Waals surface area contributed by atoms with Crippen LogP contribution < -0.4 is 5.32 Å². The second kappa shape index (κ2) is 7.16. The fraction of sp³-hybridized carbons (Fsp3) is 0.870. The first kappa shape index (κ1) is 19.7. The number of aliphatic hydroxyl groups excluding tert-OH is 1. The van der Waals surface area contributed by atoms with Crippen molar-refractivity contribution < 1.29 is 19.5 Å². The molecular weight excluding hydrogens is 368 g/mol. The Morgan fingerprint density at radius 2 is 2.00 bits per heavy atom. The number of nitrogens with zero attached hydrogens (tertiary/aromatic N) is 1. The molecule has 29 heavy (non-hydrogen) atoms. The van der Waals surface area contributed by atoms with Crippen molar-refractivity contribution in [3.63, 3.8) is 0 Å². The maximum Gasteiger partial charge on any atom is 0.141 e. The van der Waals surface area contributed by atoms with Gasteiger partial charge in [-0.25, -0.2) is 0 Å². The summed E-state index contributed by atoms with van der Waals surface area (Å²) in [4.78, 5) is 31.6. The molecule has 3 unspecified atom stereocenters. The van der Waals surface area contributed by atoms with Gasteiger partial charge in [-0.15, -0.1) is 0 Å². The molecule has 0 amide bonds. The molecule has 4 saturated carbocycles. The number of hydrogen-bond acceptors (Lipinski definition) is 6. The SMILES string of the molecule is C[C@]12CCC3C(CC(=O)[C@H]4CC(=NO[C@H]5CCNC5)CC[C@]34CO)C1CCC2=O. The number of aliphatic hydroxyl groups is 1. The minimum atomic E-state index is -0.332. The Morgan fingerprint density at radius 1 is 1.14 bits per heavy atom. The molecule has 0 aromatic heterocycles. The van der Waals surface area contributed by atoms with Crippen molar-refractivity contribution in [3.8, 4) is 0 Å². The Balaban J connectivity index is 1.38. The summed E-state index contributed by atoms with van der Waals surface area (Å²) in [6.07, 6.45) is 7.39. The number of nitrogens with one attached hydrogen (secondary N) is 1. The van der Waals surface area contributed by atoms with E-state index in [9.17, 15) is 14.7 Å². The molecule has 7 atom stereocenters. The first-order chi connectivity index (χ1) is 14.0. The maximum absolute atomic E-state index is 13.3. The van der Waals surface area contributed by atoms with E-state index in [1.54, 1.807) is 0 Å². The van der Waals surface area contributed by atoms with E-state index in [2.05, 4.69) is 17.4 Å². The molecule has 5 fully saturated rings. The Hall–Kier alpha value is -1.27. The number of Topliss-reactive ketones (excluding diaryl/α,β-unsaturated/α-hetero) is 2. The zero-order valence-electron chi connectivity index (χ0n) is 17.5. The van der Waals surface area contributed by atoms with Crippen molar-refractivity contribution in [2.75, 3.05) is 19.7 Å². The lowest BCUT2D eigenvalue weighted by atomic mass is 9.44. The van der Waals surface area contributed by atoms with E-state index in [1.165, 1.54) is 0 Å². The monoisotopic (exact) mass is 402 g/mol. The fourth-order valence-corrected chi connectivity index (χ4v) is 7.66. The van der Waals surface area contributed by atoms with E-state index in [1.807, 2.05) is 0 Å². The van der Waals surface area contributed by atoms with Gasteiger partial charge >= 0.3 is 0 Å². The Bertz CT molecular complexity index is 730. The highest BCUT2D eigenvalue weighted by Crippen LogP contribution is 2.64. The summed E-state index contributed by atoms with van der Waals surface area (Å²) in [5.41, 5.74) is 0.408. The smallest absolute Gasteiger partial charge is 0.141 e. The molecule has 5 rings (SSSR count). The molecule has 1 heterocycles. The molecular formula is C23H34N2O4. The van der Waals surface area contributed by atoms with Crippen molar-refractivity contribution in [1.29, 1.82) is 0 Å². The van der Waals surface area contributed by atoms with Crippen LogP contribution in [0.15, 0.2) is 5.16 Å². The largest absolute Gasteiger partial charge is 0.396 e. The molecule has 0 aromatic carbocycles. The average molecular weight is 403 g/mol. The van der Waals surface area contributed by atoms with E-state index in [0.717, 1.165) is 57.3 Å². The van der Waals surface area contributed by atoms with E-state index in [0.29, 0.717) is 36.9 Å². The summed E-state index contributed by atoms with van der Waals surface area (Å²) in [5, 5.41) is 18.3. The van der Waals surface area contributed by atoms with Crippen molar-refractivity contribution in [2.45, 2.75) is 70.8 Å². The molecule has 0 radical (unpaired) electrons. The van der Waals surface area contributed by atoms with Gasteiger partial charge in [0.2, 0.25) is 0 Å². The molecule has 4 aliphatic carbocycles. The van der Waals surface area contributed by atoms with Crippen LogP contribution in [0.25, 0.3) is 0 Å². The lowest BCUT2D eigenvalue weighted by Crippen LogP contribution is -2.59. The van der Waals surface area contributed by atoms with Crippen LogP contribution in [0.4, 0.5) is 0 Å². The first-order valence-corrected chi connectivity index (χ1v) is 11.6. The van der Waals surface area contributed by atoms with Gasteiger partial charge in [-0.1, -0.05) is 12.1 Å². The Kier molecular flexibility index (Phi) is 4.86. The third-order valence-electron chi connectivity index (χ3n) is 9.36. The van der Waals surface area contributed by atoms with Gasteiger partial charge in [-0.2, -0.15) is 0 Å². The lowest BCUT2D eigenvalue weighted by Gasteiger charge is -2.59. The fourth-order valence-electron chi connectivity index (χ4n) is 7.66. The predicted octanol–water partition coefficient (Wildman–Crippen LogP) is 2.48. The number of oxime groups is 1. The van der Waals surface area contributed by atoms with Crippen LogP contribution in [0.3, 0.4) is 0 Å². The summed E-state index contributed by atoms with van der Waals surface area (Å²) < 4.78 is 0. The highest BCUT2D eigenvalue weighted by atomic mass is 16.6. The highest BCUT2D eigenvalue weighted by molar-refractivity contribution is 5.93. The van der Waals surface area contributed by atoms with Gasteiger partial charge in [0.1, 0.15) is 17.7 Å². The Labute approximate surface area is 172 Å². The van der Waals surface area contributed by atoms with Gasteiger partial charge in [0, 0.05) is 49.2 Å². The predicted molar refractivity (Wildman–Crippen MR) is 108 cm³/mol. The molecule has 0 aromatic rings. The molecule has 5 aliphatic rings. The number of rotatable bonds is 3. The average Bonchev–Trinajstić information content (AvgIpc) is 3.35. The third kappa shape index (κ3) is 2.93. The molecule has 1 saturated heterocycles. The Morgan fingerprint density at radius 3 is 2.76 bits per heavy atom. The molecule has 160 valence electrons. The summed E-state index contributed by atoms with van der Waals surface area (Å²) in [7, 11) is 0. The van der Waals surface area contributed by atoms with Crippen LogP contribution in [0.2, 0.25) is 0 Å². The quantitative estimate of drug-likeness (QED) is 0.708. The zero-order chi connectivity index (χ0) is 20.2. The van der Waals surface area contributed by atoms with Crippen LogP contribution in [0.1, 0.15) is 64.7 Å². The van der Waals surface area contributed by atoms with Gasteiger partial charge < -0.3 is 15.3 Å². The number of carbonyl (C=O) groups excluding carboxylic acids is 2. The maximum atomic E-state index is 13.3. The standard InChI is InChI=1S/C23H34N2O4/c1-22-7-5-18-16(17(22)2-3-21(22)28)11-20(27)19-10-14(4-8-23(18,19)13-26)25-29-15-6-9-24-12-15/h15-19,24,26H,2-13H2,1H3/t15-,16?,17?,18?,19+,22-,23-/m0/s1. The molecule has 0 bridgehead atoms. The summed E-state index contributed by atoms with van der Waals surface area (Å²) >= 11 is 0. The van der Waals surface area contributed by atoms with Crippen LogP contribution in [0, 0.1) is 34.5 Å². The van der Waals surface area contributed by atoms with Gasteiger partial charge in [-0.05, 0) is 62.8 Å². The zero-order valence-corrected chi connectivity index (χ0v) is 17.5. The van der Waals surface area contributed by atoms with Gasteiger partial charge in [0.25, 0.3) is 0 Å². The second-order valence-corrected chi connectivity index (χ2v) is 10.5. The van der Waals surface area contributed by atoms with Crippen molar-refractivity contribution in [1.82, 2.24) is 5.32 Å². The van der Waals surface area contributed by atoms with Gasteiger partial charge in [0.15, 0.2) is 0 Å². The number of ketones is 2. The van der Waals surface area contributed by atoms with Gasteiger partial charge in [-0.3, -0.25) is 9.59 Å². The normalized spacial score (nSPS) is 48.3. The summed E-state index contributed by atoms with van der Waals surface area (Å²) in [6.45, 7) is 4.01. The molecule has 1 aliphatic heterocycles. The van der Waals surface area contributed by atoms with Crippen molar-refractivity contribution in [3.05, 3.63) is 0 Å². The number of carbonyl (C=O) groups is 2. The van der Waals surface area contributed by atoms with E-state index >= 15 is 0 Å². The lowest BCUT2D eigenvalue weighted by molar-refractivity contribution is -0.160. The summed E-state index contributed by atoms with van der Waals surface area (Å²) in [6, 6.07) is 0. The molecule has 2 N–H and O–H groups in total. The third-order valence-corrected chi connectivity index (χ3v) is 9.36. The minimum absolute atomic E-state index is 0.0721. The van der Waals surface area contributed by atoms with Crippen LogP contribution in [-0.4, -0.2) is 48.2 Å². The van der Waals surface area contributed by atoms with Crippen LogP contribution in [-0.2, 0) is 14.4 Å². The van der Waals surface area contributed by atoms with Crippen molar-refractivity contribution in [2.24, 2.45) is 39.7 Å². The van der Waals surface area contributed by atoms with E-state index in [-0.39, 0.29) is 41.2 Å². The highest BCUT2D eigenvalue weighted by Gasteiger charge is 2.63. The molecule has 6 heteroatoms. The van der Waals surface area contributed by atoms with Gasteiger partial charge in [0.05, 0.1) is 5.71 Å². The van der Waals surface area contributed by atoms with Crippen LogP contribution in [0.5, 0.6) is 0 Å².